The molecular formula is C27H22N4O3. The highest BCUT2D eigenvalue weighted by atomic mass is 16.5. The summed E-state index contributed by atoms with van der Waals surface area (Å²) in [6, 6.07) is 27.9. The van der Waals surface area contributed by atoms with Crippen molar-refractivity contribution in [1.82, 2.24) is 19.7 Å². The van der Waals surface area contributed by atoms with Crippen LogP contribution in [0.15, 0.2) is 95.8 Å². The molecule has 0 unspecified atom stereocenters. The average Bonchev–Trinajstić information content (AvgIpc) is 3.56. The highest BCUT2D eigenvalue weighted by molar-refractivity contribution is 5.60. The molecule has 0 N–H and O–H groups in total. The predicted octanol–water partition coefficient (Wildman–Crippen LogP) is 5.45. The molecule has 0 saturated carbocycles. The smallest absolute Gasteiger partial charge is 0.278 e. The Morgan fingerprint density at radius 1 is 0.912 bits per heavy atom. The fraction of sp³-hybridized carbons (Fsp3) is 0.148. The second-order valence-corrected chi connectivity index (χ2v) is 8.12. The molecule has 0 bridgehead atoms. The van der Waals surface area contributed by atoms with Crippen molar-refractivity contribution in [3.05, 3.63) is 108 Å². The van der Waals surface area contributed by atoms with Gasteiger partial charge >= 0.3 is 0 Å². The van der Waals surface area contributed by atoms with Gasteiger partial charge in [-0.15, -0.1) is 0 Å². The van der Waals surface area contributed by atoms with E-state index in [1.165, 1.54) is 0 Å². The summed E-state index contributed by atoms with van der Waals surface area (Å²) < 4.78 is 19.6. The van der Waals surface area contributed by atoms with E-state index in [4.69, 9.17) is 14.0 Å². The molecule has 1 aliphatic rings. The first kappa shape index (κ1) is 20.4. The van der Waals surface area contributed by atoms with Gasteiger partial charge in [0.05, 0.1) is 25.2 Å². The molecule has 7 nitrogen and oxygen atoms in total. The van der Waals surface area contributed by atoms with Crippen LogP contribution in [0.5, 0.6) is 5.75 Å². The molecule has 0 radical (unpaired) electrons. The van der Waals surface area contributed by atoms with Gasteiger partial charge in [0.25, 0.3) is 5.89 Å². The van der Waals surface area contributed by atoms with Gasteiger partial charge in [0, 0.05) is 5.56 Å². The van der Waals surface area contributed by atoms with Crippen LogP contribution in [0.3, 0.4) is 0 Å². The molecule has 0 fully saturated rings. The van der Waals surface area contributed by atoms with Gasteiger partial charge in [-0.3, -0.25) is 0 Å². The minimum atomic E-state index is -0.00313. The van der Waals surface area contributed by atoms with Crippen molar-refractivity contribution in [2.24, 2.45) is 0 Å². The Bertz CT molecular complexity index is 1380. The number of nitrogens with zero attached hydrogens (tertiary/aromatic N) is 4. The molecule has 3 heterocycles. The van der Waals surface area contributed by atoms with Crippen LogP contribution in [-0.2, 0) is 24.5 Å². The summed E-state index contributed by atoms with van der Waals surface area (Å²) in [4.78, 5) is 9.12. The molecule has 1 aliphatic heterocycles. The Morgan fingerprint density at radius 3 is 2.47 bits per heavy atom. The largest absolute Gasteiger partial charge is 0.489 e. The van der Waals surface area contributed by atoms with E-state index in [1.807, 2.05) is 79.1 Å². The Hall–Kier alpha value is -4.23. The third kappa shape index (κ3) is 4.09. The Kier molecular flexibility index (Phi) is 5.37. The van der Waals surface area contributed by atoms with Crippen molar-refractivity contribution in [2.45, 2.75) is 25.9 Å². The van der Waals surface area contributed by atoms with Crippen molar-refractivity contribution >= 4 is 0 Å². The number of benzene rings is 3. The maximum Gasteiger partial charge on any atom is 0.278 e. The maximum atomic E-state index is 6.11. The van der Waals surface area contributed by atoms with Gasteiger partial charge in [-0.25, -0.2) is 4.98 Å². The lowest BCUT2D eigenvalue weighted by molar-refractivity contribution is 0.00330. The summed E-state index contributed by atoms with van der Waals surface area (Å²) in [5.41, 5.74) is 4.71. The van der Waals surface area contributed by atoms with Gasteiger partial charge in [0.1, 0.15) is 18.5 Å². The molecule has 7 heteroatoms. The highest BCUT2D eigenvalue weighted by Crippen LogP contribution is 2.32. The van der Waals surface area contributed by atoms with E-state index >= 15 is 0 Å². The molecule has 3 aromatic carbocycles. The molecule has 1 atom stereocenters. The number of hydrogen-bond donors (Lipinski definition) is 0. The van der Waals surface area contributed by atoms with E-state index in [9.17, 15) is 0 Å². The third-order valence-electron chi connectivity index (χ3n) is 5.89. The molecule has 168 valence electrons. The summed E-state index contributed by atoms with van der Waals surface area (Å²) in [5.74, 6) is 1.67. The Morgan fingerprint density at radius 2 is 1.68 bits per heavy atom. The Labute approximate surface area is 196 Å². The van der Waals surface area contributed by atoms with Crippen LogP contribution in [0.2, 0.25) is 0 Å². The molecule has 0 saturated heterocycles. The van der Waals surface area contributed by atoms with Gasteiger partial charge in [-0.1, -0.05) is 65.8 Å². The SMILES string of the molecule is c1ccc(COc2ccc(-c3noc(-c4ncn5c4CO[C@@H](c4ccccc4)C5)n3)cc2)cc1. The summed E-state index contributed by atoms with van der Waals surface area (Å²) >= 11 is 0. The monoisotopic (exact) mass is 450 g/mol. The van der Waals surface area contributed by atoms with Crippen LogP contribution in [-0.4, -0.2) is 19.7 Å². The predicted molar refractivity (Wildman–Crippen MR) is 126 cm³/mol. The van der Waals surface area contributed by atoms with Crippen molar-refractivity contribution in [3.8, 4) is 28.7 Å². The maximum absolute atomic E-state index is 6.11. The van der Waals surface area contributed by atoms with Gasteiger partial charge < -0.3 is 18.6 Å². The molecule has 0 amide bonds. The van der Waals surface area contributed by atoms with Crippen LogP contribution in [0.25, 0.3) is 23.0 Å². The van der Waals surface area contributed by atoms with Crippen molar-refractivity contribution < 1.29 is 14.0 Å². The first-order chi connectivity index (χ1) is 16.8. The minimum absolute atomic E-state index is 0.00313. The van der Waals surface area contributed by atoms with Gasteiger partial charge in [-0.05, 0) is 35.4 Å². The molecule has 2 aromatic heterocycles. The number of aromatic nitrogens is 4. The van der Waals surface area contributed by atoms with E-state index in [-0.39, 0.29) is 6.10 Å². The third-order valence-corrected chi connectivity index (χ3v) is 5.89. The van der Waals surface area contributed by atoms with Crippen LogP contribution >= 0.6 is 0 Å². The lowest BCUT2D eigenvalue weighted by Gasteiger charge is -2.25. The van der Waals surface area contributed by atoms with E-state index in [2.05, 4.69) is 31.8 Å². The number of fused-ring (bicyclic) bond motifs is 1. The van der Waals surface area contributed by atoms with E-state index in [0.717, 1.165) is 28.1 Å². The number of rotatable bonds is 6. The van der Waals surface area contributed by atoms with Gasteiger partial charge in [0.15, 0.2) is 5.69 Å². The first-order valence-electron chi connectivity index (χ1n) is 11.2. The standard InChI is InChI=1S/C27H22N4O3/c1-3-7-19(8-4-1)16-32-22-13-11-21(12-14-22)26-29-27(34-30-26)25-23-17-33-24(15-31(23)18-28-25)20-9-5-2-6-10-20/h1-14,18,24H,15-17H2/t24-/m1/s1. The second kappa shape index (κ2) is 8.96. The first-order valence-corrected chi connectivity index (χ1v) is 11.2. The fourth-order valence-corrected chi connectivity index (χ4v) is 4.05. The number of hydrogen-bond acceptors (Lipinski definition) is 6. The van der Waals surface area contributed by atoms with Crippen molar-refractivity contribution in [2.75, 3.05) is 0 Å². The highest BCUT2D eigenvalue weighted by Gasteiger charge is 2.26. The topological polar surface area (TPSA) is 75.2 Å². The number of imidazole rings is 1. The summed E-state index contributed by atoms with van der Waals surface area (Å²) in [6.45, 7) is 1.64. The van der Waals surface area contributed by atoms with Gasteiger partial charge in [-0.2, -0.15) is 4.98 Å². The normalized spacial score (nSPS) is 15.1. The average molecular weight is 450 g/mol. The van der Waals surface area contributed by atoms with E-state index in [0.29, 0.717) is 37.2 Å². The van der Waals surface area contributed by atoms with Gasteiger partial charge in [0.2, 0.25) is 5.82 Å². The lowest BCUT2D eigenvalue weighted by Crippen LogP contribution is -2.20. The van der Waals surface area contributed by atoms with E-state index < -0.39 is 0 Å². The summed E-state index contributed by atoms with van der Waals surface area (Å²) in [5, 5.41) is 4.16. The zero-order valence-electron chi connectivity index (χ0n) is 18.4. The van der Waals surface area contributed by atoms with Crippen molar-refractivity contribution in [1.29, 1.82) is 0 Å². The van der Waals surface area contributed by atoms with Crippen LogP contribution in [0, 0.1) is 0 Å². The quantitative estimate of drug-likeness (QED) is 0.342. The molecule has 5 aromatic rings. The zero-order valence-corrected chi connectivity index (χ0v) is 18.4. The molecule has 34 heavy (non-hydrogen) atoms. The summed E-state index contributed by atoms with van der Waals surface area (Å²) in [6.07, 6.45) is 1.81. The Balaban J connectivity index is 1.16. The van der Waals surface area contributed by atoms with Crippen LogP contribution < -0.4 is 4.74 Å². The molecular weight excluding hydrogens is 428 g/mol. The zero-order chi connectivity index (χ0) is 22.7. The lowest BCUT2D eigenvalue weighted by atomic mass is 10.1. The van der Waals surface area contributed by atoms with E-state index in [1.54, 1.807) is 0 Å². The minimum Gasteiger partial charge on any atom is -0.489 e. The second-order valence-electron chi connectivity index (χ2n) is 8.12. The molecule has 0 spiro atoms. The van der Waals surface area contributed by atoms with Crippen molar-refractivity contribution in [3.63, 3.8) is 0 Å². The number of ether oxygens (including phenoxy) is 2. The molecule has 6 rings (SSSR count). The fourth-order valence-electron chi connectivity index (χ4n) is 4.05. The molecule has 0 aliphatic carbocycles. The van der Waals surface area contributed by atoms with Crippen LogP contribution in [0.4, 0.5) is 0 Å². The van der Waals surface area contributed by atoms with Crippen LogP contribution in [0.1, 0.15) is 22.9 Å². The summed E-state index contributed by atoms with van der Waals surface area (Å²) in [7, 11) is 0.